The molecule has 1 heterocycles. The number of anilines is 1. The van der Waals surface area contributed by atoms with Crippen molar-refractivity contribution in [3.05, 3.63) is 58.1 Å². The molecule has 0 bridgehead atoms. The lowest BCUT2D eigenvalue weighted by Gasteiger charge is -2.20. The summed E-state index contributed by atoms with van der Waals surface area (Å²) in [7, 11) is 0. The summed E-state index contributed by atoms with van der Waals surface area (Å²) in [5, 5.41) is 3.30. The molecule has 0 saturated carbocycles. The van der Waals surface area contributed by atoms with E-state index in [1.54, 1.807) is 17.0 Å². The van der Waals surface area contributed by atoms with Crippen molar-refractivity contribution in [1.29, 1.82) is 0 Å². The van der Waals surface area contributed by atoms with Crippen LogP contribution < -0.4 is 15.0 Å². The summed E-state index contributed by atoms with van der Waals surface area (Å²) in [6.07, 6.45) is 0. The summed E-state index contributed by atoms with van der Waals surface area (Å²) in [5.41, 5.74) is 3.69. The minimum absolute atomic E-state index is 0.143. The standard InChI is InChI=1S/C20H21ClN2O3/c1-12-8-9-13(2)19-17(12)18(22-14(3)24)20(25)23(19)10-11-26-16-7-5-4-6-15(16)21/h4-9,18H,10-11H2,1-3H3,(H,22,24)/t18-/m1/s1. The van der Waals surface area contributed by atoms with Crippen LogP contribution >= 0.6 is 11.6 Å². The van der Waals surface area contributed by atoms with E-state index >= 15 is 0 Å². The summed E-state index contributed by atoms with van der Waals surface area (Å²) in [4.78, 5) is 26.2. The van der Waals surface area contributed by atoms with Gasteiger partial charge in [-0.05, 0) is 37.1 Å². The maximum absolute atomic E-state index is 12.9. The molecular formula is C20H21ClN2O3. The lowest BCUT2D eigenvalue weighted by Crippen LogP contribution is -2.38. The Hall–Kier alpha value is -2.53. The van der Waals surface area contributed by atoms with Gasteiger partial charge in [-0.3, -0.25) is 9.59 Å². The summed E-state index contributed by atoms with van der Waals surface area (Å²) < 4.78 is 5.74. The first-order valence-electron chi connectivity index (χ1n) is 8.46. The van der Waals surface area contributed by atoms with Crippen molar-refractivity contribution in [1.82, 2.24) is 5.32 Å². The summed E-state index contributed by atoms with van der Waals surface area (Å²) in [6, 6.07) is 10.5. The van der Waals surface area contributed by atoms with Crippen molar-refractivity contribution in [3.63, 3.8) is 0 Å². The molecule has 1 atom stereocenters. The van der Waals surface area contributed by atoms with Crippen LogP contribution in [0.15, 0.2) is 36.4 Å². The number of fused-ring (bicyclic) bond motifs is 1. The maximum Gasteiger partial charge on any atom is 0.254 e. The highest BCUT2D eigenvalue weighted by Crippen LogP contribution is 2.40. The second-order valence-electron chi connectivity index (χ2n) is 6.36. The highest BCUT2D eigenvalue weighted by molar-refractivity contribution is 6.32. The van der Waals surface area contributed by atoms with Crippen LogP contribution in [-0.2, 0) is 9.59 Å². The molecule has 0 aliphatic carbocycles. The summed E-state index contributed by atoms with van der Waals surface area (Å²) in [6.45, 7) is 6.00. The monoisotopic (exact) mass is 372 g/mol. The molecule has 1 N–H and O–H groups in total. The Morgan fingerprint density at radius 2 is 1.88 bits per heavy atom. The van der Waals surface area contributed by atoms with Gasteiger partial charge in [0.05, 0.1) is 17.3 Å². The highest BCUT2D eigenvalue weighted by Gasteiger charge is 2.39. The number of hydrogen-bond donors (Lipinski definition) is 1. The van der Waals surface area contributed by atoms with Crippen molar-refractivity contribution in [2.24, 2.45) is 0 Å². The third kappa shape index (κ3) is 3.40. The summed E-state index contributed by atoms with van der Waals surface area (Å²) >= 11 is 6.10. The Morgan fingerprint density at radius 1 is 1.19 bits per heavy atom. The van der Waals surface area contributed by atoms with Crippen LogP contribution in [0, 0.1) is 13.8 Å². The van der Waals surface area contributed by atoms with Gasteiger partial charge in [-0.15, -0.1) is 0 Å². The number of para-hydroxylation sites is 1. The van der Waals surface area contributed by atoms with Crippen LogP contribution in [0.3, 0.4) is 0 Å². The van der Waals surface area contributed by atoms with E-state index in [0.717, 1.165) is 22.4 Å². The van der Waals surface area contributed by atoms with E-state index in [0.29, 0.717) is 23.9 Å². The quantitative estimate of drug-likeness (QED) is 0.873. The number of aryl methyl sites for hydroxylation is 2. The van der Waals surface area contributed by atoms with E-state index in [4.69, 9.17) is 16.3 Å². The van der Waals surface area contributed by atoms with Gasteiger partial charge >= 0.3 is 0 Å². The van der Waals surface area contributed by atoms with Crippen molar-refractivity contribution in [2.75, 3.05) is 18.1 Å². The van der Waals surface area contributed by atoms with Crippen LogP contribution in [0.4, 0.5) is 5.69 Å². The van der Waals surface area contributed by atoms with E-state index in [1.165, 1.54) is 6.92 Å². The van der Waals surface area contributed by atoms with E-state index < -0.39 is 6.04 Å². The number of halogens is 1. The summed E-state index contributed by atoms with van der Waals surface area (Å²) in [5.74, 6) is 0.208. The number of nitrogens with one attached hydrogen (secondary N) is 1. The van der Waals surface area contributed by atoms with Crippen molar-refractivity contribution >= 4 is 29.1 Å². The van der Waals surface area contributed by atoms with Crippen molar-refractivity contribution < 1.29 is 14.3 Å². The van der Waals surface area contributed by atoms with Gasteiger partial charge < -0.3 is 15.0 Å². The molecule has 0 aromatic heterocycles. The lowest BCUT2D eigenvalue weighted by atomic mass is 9.99. The third-order valence-electron chi connectivity index (χ3n) is 4.47. The number of hydrogen-bond acceptors (Lipinski definition) is 3. The molecule has 26 heavy (non-hydrogen) atoms. The number of benzene rings is 2. The predicted molar refractivity (Wildman–Crippen MR) is 102 cm³/mol. The molecule has 2 amide bonds. The Balaban J connectivity index is 1.84. The van der Waals surface area contributed by atoms with Gasteiger partial charge in [0.2, 0.25) is 5.91 Å². The molecule has 2 aromatic rings. The van der Waals surface area contributed by atoms with Crippen LogP contribution in [0.5, 0.6) is 5.75 Å². The molecule has 2 aromatic carbocycles. The molecule has 0 radical (unpaired) electrons. The fourth-order valence-corrected chi connectivity index (χ4v) is 3.49. The van der Waals surface area contributed by atoms with Gasteiger partial charge in [0.15, 0.2) is 0 Å². The van der Waals surface area contributed by atoms with Gasteiger partial charge in [-0.25, -0.2) is 0 Å². The molecule has 0 unspecified atom stereocenters. The zero-order valence-electron chi connectivity index (χ0n) is 15.0. The van der Waals surface area contributed by atoms with Gasteiger partial charge in [0, 0.05) is 12.5 Å². The second-order valence-corrected chi connectivity index (χ2v) is 6.77. The molecule has 5 nitrogen and oxygen atoms in total. The molecule has 0 fully saturated rings. The topological polar surface area (TPSA) is 58.6 Å². The number of amides is 2. The fraction of sp³-hybridized carbons (Fsp3) is 0.300. The minimum Gasteiger partial charge on any atom is -0.490 e. The average molecular weight is 373 g/mol. The smallest absolute Gasteiger partial charge is 0.254 e. The number of rotatable bonds is 5. The SMILES string of the molecule is CC(=O)N[C@H]1C(=O)N(CCOc2ccccc2Cl)c2c(C)ccc(C)c21. The van der Waals surface area contributed by atoms with Crippen LogP contribution in [-0.4, -0.2) is 25.0 Å². The van der Waals surface area contributed by atoms with Crippen LogP contribution in [0.2, 0.25) is 5.02 Å². The first-order chi connectivity index (χ1) is 12.4. The minimum atomic E-state index is -0.650. The van der Waals surface area contributed by atoms with Gasteiger partial charge in [-0.2, -0.15) is 0 Å². The number of nitrogens with zero attached hydrogens (tertiary/aromatic N) is 1. The van der Waals surface area contributed by atoms with Gasteiger partial charge in [0.1, 0.15) is 18.4 Å². The van der Waals surface area contributed by atoms with Crippen LogP contribution in [0.1, 0.15) is 29.7 Å². The molecule has 6 heteroatoms. The van der Waals surface area contributed by atoms with E-state index in [-0.39, 0.29) is 11.8 Å². The van der Waals surface area contributed by atoms with Crippen molar-refractivity contribution in [2.45, 2.75) is 26.8 Å². The molecule has 0 spiro atoms. The zero-order valence-corrected chi connectivity index (χ0v) is 15.8. The molecule has 3 rings (SSSR count). The van der Waals surface area contributed by atoms with Gasteiger partial charge in [0.25, 0.3) is 5.91 Å². The van der Waals surface area contributed by atoms with Crippen LogP contribution in [0.25, 0.3) is 0 Å². The Labute approximate surface area is 157 Å². The Bertz CT molecular complexity index is 866. The maximum atomic E-state index is 12.9. The lowest BCUT2D eigenvalue weighted by molar-refractivity contribution is -0.126. The predicted octanol–water partition coefficient (Wildman–Crippen LogP) is 3.56. The molecular weight excluding hydrogens is 352 g/mol. The Kier molecular flexibility index (Phi) is 5.18. The number of carbonyl (C=O) groups is 2. The first kappa shape index (κ1) is 18.3. The Morgan fingerprint density at radius 3 is 2.58 bits per heavy atom. The van der Waals surface area contributed by atoms with E-state index in [1.807, 2.05) is 38.1 Å². The third-order valence-corrected chi connectivity index (χ3v) is 4.78. The van der Waals surface area contributed by atoms with Gasteiger partial charge in [-0.1, -0.05) is 35.9 Å². The fourth-order valence-electron chi connectivity index (χ4n) is 3.30. The molecule has 0 saturated heterocycles. The van der Waals surface area contributed by atoms with E-state index in [2.05, 4.69) is 5.32 Å². The largest absolute Gasteiger partial charge is 0.490 e. The number of carbonyl (C=O) groups excluding carboxylic acids is 2. The zero-order chi connectivity index (χ0) is 18.8. The molecule has 1 aliphatic heterocycles. The average Bonchev–Trinajstić information content (AvgIpc) is 2.86. The number of ether oxygens (including phenoxy) is 1. The van der Waals surface area contributed by atoms with E-state index in [9.17, 15) is 9.59 Å². The highest BCUT2D eigenvalue weighted by atomic mass is 35.5. The van der Waals surface area contributed by atoms with Crippen molar-refractivity contribution in [3.8, 4) is 5.75 Å². The normalized spacial score (nSPS) is 15.8. The first-order valence-corrected chi connectivity index (χ1v) is 8.84. The molecule has 136 valence electrons. The second kappa shape index (κ2) is 7.38. The molecule has 1 aliphatic rings.